The number of carbonyl (C=O) groups is 2. The molecule has 3 aliphatic heterocycles. The summed E-state index contributed by atoms with van der Waals surface area (Å²) in [5.41, 5.74) is 13.8. The average molecular weight is 1130 g/mol. The lowest BCUT2D eigenvalue weighted by Gasteiger charge is -2.32. The number of carbonyl (C=O) groups excluding carboxylic acids is 2. The summed E-state index contributed by atoms with van der Waals surface area (Å²) in [6.45, 7) is 15.7. The largest absolute Gasteiger partial charge is 0.495 e. The van der Waals surface area contributed by atoms with E-state index in [9.17, 15) is 9.59 Å². The van der Waals surface area contributed by atoms with Gasteiger partial charge in [0.05, 0.1) is 39.1 Å². The zero-order valence-electron chi connectivity index (χ0n) is 46.0. The second-order valence-corrected chi connectivity index (χ2v) is 22.5. The summed E-state index contributed by atoms with van der Waals surface area (Å²) >= 11 is 3.45. The number of nitrogens with one attached hydrogen (secondary N) is 2. The van der Waals surface area contributed by atoms with Gasteiger partial charge >= 0.3 is 7.12 Å². The maximum atomic E-state index is 11.4. The Morgan fingerprint density at radius 2 is 1.00 bits per heavy atom. The molecule has 9 heterocycles. The minimum atomic E-state index is -0.433. The van der Waals surface area contributed by atoms with Crippen molar-refractivity contribution in [1.82, 2.24) is 39.2 Å². The molecule has 2 amide bonds. The first kappa shape index (κ1) is 53.9. The third kappa shape index (κ3) is 11.6. The molecule has 3 aliphatic rings. The Hall–Kier alpha value is -8.06. The topological polar surface area (TPSA) is 169 Å². The van der Waals surface area contributed by atoms with E-state index < -0.39 is 7.12 Å². The minimum Gasteiger partial charge on any atom is -0.399 e. The number of amides is 2. The van der Waals surface area contributed by atoms with Crippen molar-refractivity contribution in [2.75, 3.05) is 46.6 Å². The number of fused-ring (bicyclic) bond motifs is 4. The number of hydrogen-bond acceptors (Lipinski definition) is 12. The molecule has 16 nitrogen and oxygen atoms in total. The molecular formula is C62H64BBrN12O4. The average Bonchev–Trinajstić information content (AvgIpc) is 4.20. The van der Waals surface area contributed by atoms with Crippen LogP contribution in [0.5, 0.6) is 0 Å². The lowest BCUT2D eigenvalue weighted by molar-refractivity contribution is -0.115. The van der Waals surface area contributed by atoms with E-state index in [1.807, 2.05) is 112 Å². The van der Waals surface area contributed by atoms with Crippen molar-refractivity contribution < 1.29 is 18.9 Å². The van der Waals surface area contributed by atoms with Gasteiger partial charge in [-0.25, -0.2) is 19.0 Å². The molecule has 18 heteroatoms. The molecule has 0 unspecified atom stereocenters. The number of aromatic nitrogens is 8. The van der Waals surface area contributed by atoms with Crippen molar-refractivity contribution >= 4 is 96.2 Å². The number of benzene rings is 4. The van der Waals surface area contributed by atoms with Gasteiger partial charge in [-0.15, -0.1) is 0 Å². The normalized spacial score (nSPS) is 15.8. The van der Waals surface area contributed by atoms with E-state index in [1.165, 1.54) is 82.4 Å². The summed E-state index contributed by atoms with van der Waals surface area (Å²) in [7, 11) is -0.433. The van der Waals surface area contributed by atoms with Crippen LogP contribution >= 0.6 is 15.9 Å². The first-order valence-corrected chi connectivity index (χ1v) is 28.2. The fraction of sp³-hybridized carbons (Fsp3) is 0.290. The molecule has 13 rings (SSSR count). The highest BCUT2D eigenvalue weighted by Crippen LogP contribution is 2.38. The van der Waals surface area contributed by atoms with Crippen LogP contribution in [0.3, 0.4) is 0 Å². The number of piperidine rings is 2. The molecule has 0 saturated carbocycles. The van der Waals surface area contributed by atoms with E-state index in [4.69, 9.17) is 14.3 Å². The maximum absolute atomic E-state index is 11.4. The van der Waals surface area contributed by atoms with Gasteiger partial charge < -0.3 is 29.7 Å². The standard InChI is InChI=1S/C28H26N6O.C17H21BN2O3.C17H17BrN4/c1-19(35)32-22-7-10-25-24(11-12-29-27(25)15-22)26-17-31-34-18-21(16-30-28(26)34)20-5-8-23(9-6-20)33-13-3-2-4-14-33;1-11(21)20-12-6-7-13-14(8-9-19-15(13)10-12)18-22-16(2,3)17(4,5)23-18;18-16-11-20-22-12-14(10-19-17(16)22)13-4-6-15(7-5-13)21-8-2-1-3-9-21/h5-12,15-18H,2-4,13-14H2,1H3,(H,32,35);6-10H,1-5H3,(H,20,21);4-7,10-12H,1-3,8-9H2. The summed E-state index contributed by atoms with van der Waals surface area (Å²) in [6, 6.07) is 32.8. The second kappa shape index (κ2) is 23.0. The molecule has 3 saturated heterocycles. The van der Waals surface area contributed by atoms with Crippen LogP contribution < -0.4 is 25.9 Å². The van der Waals surface area contributed by atoms with Gasteiger partial charge in [0, 0.05) is 127 Å². The summed E-state index contributed by atoms with van der Waals surface area (Å²) in [4.78, 5) is 45.7. The molecule has 406 valence electrons. The van der Waals surface area contributed by atoms with Crippen LogP contribution in [0, 0.1) is 0 Å². The van der Waals surface area contributed by atoms with Crippen molar-refractivity contribution in [3.8, 4) is 33.4 Å². The Labute approximate surface area is 474 Å². The Kier molecular flexibility index (Phi) is 15.5. The summed E-state index contributed by atoms with van der Waals surface area (Å²) < 4.78 is 16.8. The van der Waals surface area contributed by atoms with Crippen molar-refractivity contribution in [1.29, 1.82) is 0 Å². The fourth-order valence-corrected chi connectivity index (χ4v) is 10.9. The first-order valence-electron chi connectivity index (χ1n) is 27.4. The molecule has 10 aromatic rings. The molecule has 0 spiro atoms. The number of hydrogen-bond donors (Lipinski definition) is 2. The zero-order valence-corrected chi connectivity index (χ0v) is 47.6. The van der Waals surface area contributed by atoms with Crippen LogP contribution in [0.1, 0.15) is 80.1 Å². The fourth-order valence-electron chi connectivity index (χ4n) is 10.5. The molecular weight excluding hydrogens is 1070 g/mol. The van der Waals surface area contributed by atoms with Gasteiger partial charge in [-0.2, -0.15) is 10.2 Å². The monoisotopic (exact) mass is 1130 g/mol. The molecule has 3 fully saturated rings. The molecule has 80 heavy (non-hydrogen) atoms. The van der Waals surface area contributed by atoms with Gasteiger partial charge in [-0.3, -0.25) is 19.6 Å². The number of pyridine rings is 2. The molecule has 0 atom stereocenters. The highest BCUT2D eigenvalue weighted by molar-refractivity contribution is 9.10. The second-order valence-electron chi connectivity index (χ2n) is 21.6. The van der Waals surface area contributed by atoms with Gasteiger partial charge in [0.15, 0.2) is 11.3 Å². The Balaban J connectivity index is 0.000000132. The van der Waals surface area contributed by atoms with Gasteiger partial charge in [-0.05, 0) is 165 Å². The zero-order chi connectivity index (χ0) is 55.5. The van der Waals surface area contributed by atoms with Crippen LogP contribution in [0.4, 0.5) is 22.7 Å². The van der Waals surface area contributed by atoms with E-state index in [0.717, 1.165) is 95.3 Å². The van der Waals surface area contributed by atoms with Gasteiger partial charge in [0.25, 0.3) is 0 Å². The van der Waals surface area contributed by atoms with Crippen LogP contribution in [0.25, 0.3) is 66.5 Å². The van der Waals surface area contributed by atoms with Gasteiger partial charge in [-0.1, -0.05) is 36.4 Å². The first-order chi connectivity index (χ1) is 38.7. The molecule has 0 aliphatic carbocycles. The van der Waals surface area contributed by atoms with Gasteiger partial charge in [0.2, 0.25) is 11.8 Å². The Bertz CT molecular complexity index is 3860. The number of nitrogens with zero attached hydrogens (tertiary/aromatic N) is 10. The maximum Gasteiger partial charge on any atom is 0.495 e. The van der Waals surface area contributed by atoms with E-state index in [-0.39, 0.29) is 23.0 Å². The van der Waals surface area contributed by atoms with Gasteiger partial charge in [0.1, 0.15) is 0 Å². The quantitative estimate of drug-likeness (QED) is 0.138. The van der Waals surface area contributed by atoms with Crippen LogP contribution in [0.15, 0.2) is 151 Å². The SMILES string of the molecule is Brc1cnn2cc(-c3ccc(N4CCCCC4)cc3)cnc12.CC(=O)Nc1ccc2c(-c3cnn4cc(-c5ccc(N6CCCCC6)cc5)cnc34)ccnc2c1.CC(=O)Nc1ccc2c(B3OC(C)(C)C(C)(C)O3)ccnc2c1. The van der Waals surface area contributed by atoms with E-state index in [2.05, 4.69) is 110 Å². The van der Waals surface area contributed by atoms with E-state index in [1.54, 1.807) is 23.1 Å². The molecule has 0 radical (unpaired) electrons. The lowest BCUT2D eigenvalue weighted by Crippen LogP contribution is -2.41. The molecule has 2 N–H and O–H groups in total. The predicted octanol–water partition coefficient (Wildman–Crippen LogP) is 12.2. The highest BCUT2D eigenvalue weighted by atomic mass is 79.9. The van der Waals surface area contributed by atoms with E-state index in [0.29, 0.717) is 0 Å². The lowest BCUT2D eigenvalue weighted by atomic mass is 9.77. The number of halogens is 1. The molecule has 6 aromatic heterocycles. The van der Waals surface area contributed by atoms with E-state index >= 15 is 0 Å². The number of rotatable bonds is 8. The van der Waals surface area contributed by atoms with Crippen LogP contribution in [-0.4, -0.2) is 95.5 Å². The molecule has 4 aromatic carbocycles. The Morgan fingerprint density at radius 3 is 1.54 bits per heavy atom. The summed E-state index contributed by atoms with van der Waals surface area (Å²) in [5, 5.41) is 16.4. The number of anilines is 4. The minimum absolute atomic E-state index is 0.105. The smallest absolute Gasteiger partial charge is 0.399 e. The van der Waals surface area contributed by atoms with Crippen molar-refractivity contribution in [2.24, 2.45) is 0 Å². The molecule has 0 bridgehead atoms. The van der Waals surface area contributed by atoms with Crippen molar-refractivity contribution in [3.63, 3.8) is 0 Å². The third-order valence-electron chi connectivity index (χ3n) is 15.5. The summed E-state index contributed by atoms with van der Waals surface area (Å²) in [6.07, 6.45) is 22.8. The summed E-state index contributed by atoms with van der Waals surface area (Å²) in [5.74, 6) is -0.212. The Morgan fingerprint density at radius 1 is 0.525 bits per heavy atom. The predicted molar refractivity (Wildman–Crippen MR) is 323 cm³/mol. The van der Waals surface area contributed by atoms with Crippen molar-refractivity contribution in [3.05, 3.63) is 151 Å². The van der Waals surface area contributed by atoms with Crippen LogP contribution in [0.2, 0.25) is 0 Å². The third-order valence-corrected chi connectivity index (χ3v) is 16.0. The highest BCUT2D eigenvalue weighted by Gasteiger charge is 2.52. The van der Waals surface area contributed by atoms with Crippen LogP contribution in [-0.2, 0) is 18.9 Å². The van der Waals surface area contributed by atoms with Crippen molar-refractivity contribution in [2.45, 2.75) is 91.3 Å².